The monoisotopic (exact) mass is 310 g/mol. The van der Waals surface area contributed by atoms with Gasteiger partial charge in [-0.15, -0.1) is 0 Å². The fourth-order valence-electron chi connectivity index (χ4n) is 2.36. The molecular weight excluding hydrogens is 292 g/mol. The van der Waals surface area contributed by atoms with Gasteiger partial charge in [-0.3, -0.25) is 9.48 Å². The first-order valence-electron chi connectivity index (χ1n) is 7.43. The van der Waals surface area contributed by atoms with Gasteiger partial charge in [0.2, 0.25) is 5.91 Å². The third-order valence-corrected chi connectivity index (χ3v) is 3.48. The number of carbonyl (C=O) groups is 1. The summed E-state index contributed by atoms with van der Waals surface area (Å²) in [6, 6.07) is 9.61. The van der Waals surface area contributed by atoms with Gasteiger partial charge in [-0.1, -0.05) is 18.2 Å². The van der Waals surface area contributed by atoms with Crippen LogP contribution in [-0.4, -0.2) is 37.2 Å². The standard InChI is InChI=1S/C16H18N6O/c1-3-21(15-11-17-20(2)12-15)16(23)9-13-10-18-22(19-13)14-7-5-4-6-8-14/h4-8,10-12H,3,9H2,1-2H3. The highest BCUT2D eigenvalue weighted by Gasteiger charge is 2.17. The Morgan fingerprint density at radius 3 is 2.61 bits per heavy atom. The molecular formula is C16H18N6O. The van der Waals surface area contributed by atoms with Gasteiger partial charge in [0.05, 0.1) is 35.9 Å². The number of carbonyl (C=O) groups excluding carboxylic acids is 1. The SMILES string of the molecule is CCN(C(=O)Cc1cnn(-c2ccccc2)n1)c1cnn(C)c1. The van der Waals surface area contributed by atoms with Crippen molar-refractivity contribution in [2.45, 2.75) is 13.3 Å². The fourth-order valence-corrected chi connectivity index (χ4v) is 2.36. The number of likely N-dealkylation sites (N-methyl/N-ethyl adjacent to an activating group) is 1. The largest absolute Gasteiger partial charge is 0.309 e. The molecule has 0 spiro atoms. The number of nitrogens with zero attached hydrogens (tertiary/aromatic N) is 6. The lowest BCUT2D eigenvalue weighted by molar-refractivity contribution is -0.118. The van der Waals surface area contributed by atoms with Crippen molar-refractivity contribution in [1.29, 1.82) is 0 Å². The first-order valence-corrected chi connectivity index (χ1v) is 7.43. The second-order valence-electron chi connectivity index (χ2n) is 5.15. The molecule has 2 aromatic heterocycles. The Morgan fingerprint density at radius 1 is 1.17 bits per heavy atom. The molecule has 1 aromatic carbocycles. The molecule has 0 radical (unpaired) electrons. The smallest absolute Gasteiger partial charge is 0.233 e. The van der Waals surface area contributed by atoms with E-state index in [-0.39, 0.29) is 12.3 Å². The van der Waals surface area contributed by atoms with Crippen LogP contribution in [-0.2, 0) is 18.3 Å². The Morgan fingerprint density at radius 2 is 1.96 bits per heavy atom. The van der Waals surface area contributed by atoms with E-state index in [1.165, 1.54) is 4.80 Å². The summed E-state index contributed by atoms with van der Waals surface area (Å²) in [5.41, 5.74) is 2.29. The summed E-state index contributed by atoms with van der Waals surface area (Å²) in [6.07, 6.45) is 5.34. The number of hydrogen-bond acceptors (Lipinski definition) is 4. The van der Waals surface area contributed by atoms with Gasteiger partial charge in [0.1, 0.15) is 0 Å². The van der Waals surface area contributed by atoms with Crippen LogP contribution in [0.5, 0.6) is 0 Å². The minimum atomic E-state index is -0.0272. The number of aromatic nitrogens is 5. The molecule has 7 heteroatoms. The van der Waals surface area contributed by atoms with Crippen LogP contribution in [0, 0.1) is 0 Å². The van der Waals surface area contributed by atoms with Crippen molar-refractivity contribution in [3.63, 3.8) is 0 Å². The van der Waals surface area contributed by atoms with Gasteiger partial charge in [0.15, 0.2) is 0 Å². The first kappa shape index (κ1) is 15.0. The molecule has 7 nitrogen and oxygen atoms in total. The van der Waals surface area contributed by atoms with E-state index in [9.17, 15) is 4.79 Å². The highest BCUT2D eigenvalue weighted by molar-refractivity contribution is 5.94. The average molecular weight is 310 g/mol. The Kier molecular flexibility index (Phi) is 4.18. The van der Waals surface area contributed by atoms with E-state index in [0.29, 0.717) is 12.2 Å². The van der Waals surface area contributed by atoms with Crippen LogP contribution in [0.15, 0.2) is 48.9 Å². The highest BCUT2D eigenvalue weighted by Crippen LogP contribution is 2.14. The summed E-state index contributed by atoms with van der Waals surface area (Å²) >= 11 is 0. The van der Waals surface area contributed by atoms with E-state index in [1.807, 2.05) is 50.5 Å². The minimum absolute atomic E-state index is 0.0272. The molecule has 1 amide bonds. The zero-order chi connectivity index (χ0) is 16.2. The zero-order valence-electron chi connectivity index (χ0n) is 13.1. The Bertz CT molecular complexity index is 792. The number of anilines is 1. The van der Waals surface area contributed by atoms with Crippen molar-refractivity contribution in [3.8, 4) is 5.69 Å². The topological polar surface area (TPSA) is 68.8 Å². The molecule has 23 heavy (non-hydrogen) atoms. The van der Waals surface area contributed by atoms with Gasteiger partial charge in [-0.25, -0.2) is 0 Å². The molecule has 0 saturated carbocycles. The molecule has 3 aromatic rings. The van der Waals surface area contributed by atoms with E-state index in [1.54, 1.807) is 22.0 Å². The van der Waals surface area contributed by atoms with Crippen molar-refractivity contribution < 1.29 is 4.79 Å². The summed E-state index contributed by atoms with van der Waals surface area (Å²) in [6.45, 7) is 2.52. The van der Waals surface area contributed by atoms with Crippen LogP contribution in [0.4, 0.5) is 5.69 Å². The summed E-state index contributed by atoms with van der Waals surface area (Å²) < 4.78 is 1.68. The van der Waals surface area contributed by atoms with Gasteiger partial charge in [-0.2, -0.15) is 20.1 Å². The third-order valence-electron chi connectivity index (χ3n) is 3.48. The number of aryl methyl sites for hydroxylation is 1. The number of amides is 1. The average Bonchev–Trinajstić information content (AvgIpc) is 3.18. The van der Waals surface area contributed by atoms with Crippen LogP contribution < -0.4 is 4.90 Å². The summed E-state index contributed by atoms with van der Waals surface area (Å²) in [4.78, 5) is 15.7. The molecule has 118 valence electrons. The van der Waals surface area contributed by atoms with Crippen molar-refractivity contribution in [1.82, 2.24) is 24.8 Å². The van der Waals surface area contributed by atoms with Crippen LogP contribution in [0.1, 0.15) is 12.6 Å². The first-order chi connectivity index (χ1) is 11.2. The Balaban J connectivity index is 1.74. The van der Waals surface area contributed by atoms with Crippen molar-refractivity contribution in [2.24, 2.45) is 7.05 Å². The van der Waals surface area contributed by atoms with Gasteiger partial charge in [-0.05, 0) is 19.1 Å². The maximum atomic E-state index is 12.5. The molecule has 0 aliphatic heterocycles. The number of rotatable bonds is 5. The predicted octanol–water partition coefficient (Wildman–Crippen LogP) is 1.60. The maximum absolute atomic E-state index is 12.5. The third kappa shape index (κ3) is 3.28. The second-order valence-corrected chi connectivity index (χ2v) is 5.15. The molecule has 0 fully saturated rings. The minimum Gasteiger partial charge on any atom is -0.309 e. The Labute approximate surface area is 134 Å². The van der Waals surface area contributed by atoms with E-state index >= 15 is 0 Å². The molecule has 0 aliphatic rings. The van der Waals surface area contributed by atoms with Crippen molar-refractivity contribution in [3.05, 3.63) is 54.6 Å². The number of para-hydroxylation sites is 1. The van der Waals surface area contributed by atoms with Crippen molar-refractivity contribution >= 4 is 11.6 Å². The molecule has 3 rings (SSSR count). The highest BCUT2D eigenvalue weighted by atomic mass is 16.2. The van der Waals surface area contributed by atoms with Crippen LogP contribution >= 0.6 is 0 Å². The Hall–Kier alpha value is -2.96. The van der Waals surface area contributed by atoms with Crippen LogP contribution in [0.3, 0.4) is 0 Å². The van der Waals surface area contributed by atoms with Crippen molar-refractivity contribution in [2.75, 3.05) is 11.4 Å². The second kappa shape index (κ2) is 6.43. The van der Waals surface area contributed by atoms with Gasteiger partial charge >= 0.3 is 0 Å². The molecule has 2 heterocycles. The quantitative estimate of drug-likeness (QED) is 0.718. The van der Waals surface area contributed by atoms with E-state index < -0.39 is 0 Å². The summed E-state index contributed by atoms with van der Waals surface area (Å²) in [5.74, 6) is -0.0272. The van der Waals surface area contributed by atoms with E-state index in [4.69, 9.17) is 0 Å². The fraction of sp³-hybridized carbons (Fsp3) is 0.250. The lowest BCUT2D eigenvalue weighted by Crippen LogP contribution is -2.31. The maximum Gasteiger partial charge on any atom is 0.233 e. The van der Waals surface area contributed by atoms with Gasteiger partial charge in [0, 0.05) is 19.8 Å². The predicted molar refractivity (Wildman–Crippen MR) is 86.3 cm³/mol. The van der Waals surface area contributed by atoms with E-state index in [2.05, 4.69) is 15.3 Å². The lowest BCUT2D eigenvalue weighted by atomic mass is 10.3. The van der Waals surface area contributed by atoms with Gasteiger partial charge in [0.25, 0.3) is 0 Å². The molecule has 0 bridgehead atoms. The molecule has 0 N–H and O–H groups in total. The zero-order valence-corrected chi connectivity index (χ0v) is 13.1. The number of benzene rings is 1. The normalized spacial score (nSPS) is 10.7. The van der Waals surface area contributed by atoms with Crippen LogP contribution in [0.2, 0.25) is 0 Å². The molecule has 0 unspecified atom stereocenters. The number of hydrogen-bond donors (Lipinski definition) is 0. The molecule has 0 aliphatic carbocycles. The summed E-state index contributed by atoms with van der Waals surface area (Å²) in [5, 5.41) is 12.7. The molecule has 0 saturated heterocycles. The van der Waals surface area contributed by atoms with Gasteiger partial charge < -0.3 is 4.90 Å². The van der Waals surface area contributed by atoms with Crippen LogP contribution in [0.25, 0.3) is 5.69 Å². The molecule has 0 atom stereocenters. The summed E-state index contributed by atoms with van der Waals surface area (Å²) in [7, 11) is 1.83. The lowest BCUT2D eigenvalue weighted by Gasteiger charge is -2.18. The van der Waals surface area contributed by atoms with E-state index in [0.717, 1.165) is 11.4 Å².